The zero-order valence-corrected chi connectivity index (χ0v) is 10.7. The molecule has 0 radical (unpaired) electrons. The highest BCUT2D eigenvalue weighted by Gasteiger charge is 2.34. The lowest BCUT2D eigenvalue weighted by molar-refractivity contribution is -0.0720. The van der Waals surface area contributed by atoms with Crippen molar-refractivity contribution in [3.05, 3.63) is 0 Å². The summed E-state index contributed by atoms with van der Waals surface area (Å²) in [5, 5.41) is 3.45. The summed E-state index contributed by atoms with van der Waals surface area (Å²) in [6.45, 7) is 13.9. The average molecular weight is 214 g/mol. The molecule has 0 bridgehead atoms. The Bertz CT molecular complexity index is 182. The van der Waals surface area contributed by atoms with Crippen LogP contribution in [0.3, 0.4) is 0 Å². The fourth-order valence-electron chi connectivity index (χ4n) is 2.33. The minimum atomic E-state index is 0.189. The van der Waals surface area contributed by atoms with Gasteiger partial charge in [-0.25, -0.2) is 0 Å². The Hall–Kier alpha value is -0.120. The van der Waals surface area contributed by atoms with Crippen molar-refractivity contribution in [1.29, 1.82) is 0 Å². The standard InChI is InChI=1S/C12H26N2O/c1-5-11(9-13-6-2)14-7-8-15-10-12(14,3)4/h11,13H,5-10H2,1-4H3. The van der Waals surface area contributed by atoms with Gasteiger partial charge >= 0.3 is 0 Å². The predicted molar refractivity (Wildman–Crippen MR) is 64.2 cm³/mol. The van der Waals surface area contributed by atoms with Gasteiger partial charge in [-0.3, -0.25) is 4.90 Å². The van der Waals surface area contributed by atoms with Gasteiger partial charge in [-0.1, -0.05) is 13.8 Å². The first kappa shape index (κ1) is 12.9. The lowest BCUT2D eigenvalue weighted by Crippen LogP contribution is -2.59. The van der Waals surface area contributed by atoms with Crippen molar-refractivity contribution in [3.8, 4) is 0 Å². The Balaban J connectivity index is 2.56. The highest BCUT2D eigenvalue weighted by atomic mass is 16.5. The maximum Gasteiger partial charge on any atom is 0.0645 e. The summed E-state index contributed by atoms with van der Waals surface area (Å²) in [4.78, 5) is 2.60. The number of morpholine rings is 1. The molecule has 1 heterocycles. The fraction of sp³-hybridized carbons (Fsp3) is 1.00. The van der Waals surface area contributed by atoms with E-state index in [1.807, 2.05) is 0 Å². The molecule has 0 aromatic heterocycles. The summed E-state index contributed by atoms with van der Waals surface area (Å²) in [5.74, 6) is 0. The van der Waals surface area contributed by atoms with Crippen molar-refractivity contribution in [1.82, 2.24) is 10.2 Å². The molecule has 0 spiro atoms. The molecule has 3 heteroatoms. The first-order valence-electron chi connectivity index (χ1n) is 6.17. The molecule has 1 fully saturated rings. The average Bonchev–Trinajstić information content (AvgIpc) is 2.20. The van der Waals surface area contributed by atoms with E-state index in [4.69, 9.17) is 4.74 Å². The Kier molecular flexibility index (Phi) is 5.03. The van der Waals surface area contributed by atoms with Crippen molar-refractivity contribution in [2.24, 2.45) is 0 Å². The van der Waals surface area contributed by atoms with Crippen molar-refractivity contribution in [3.63, 3.8) is 0 Å². The summed E-state index contributed by atoms with van der Waals surface area (Å²) in [7, 11) is 0. The lowest BCUT2D eigenvalue weighted by atomic mass is 9.98. The molecule has 15 heavy (non-hydrogen) atoms. The first-order valence-corrected chi connectivity index (χ1v) is 6.17. The van der Waals surface area contributed by atoms with Gasteiger partial charge in [-0.2, -0.15) is 0 Å². The van der Waals surface area contributed by atoms with E-state index in [1.165, 1.54) is 6.42 Å². The number of hydrogen-bond acceptors (Lipinski definition) is 3. The summed E-state index contributed by atoms with van der Waals surface area (Å²) in [5.41, 5.74) is 0.189. The monoisotopic (exact) mass is 214 g/mol. The van der Waals surface area contributed by atoms with Crippen LogP contribution in [0.2, 0.25) is 0 Å². The zero-order valence-electron chi connectivity index (χ0n) is 10.7. The number of hydrogen-bond donors (Lipinski definition) is 1. The summed E-state index contributed by atoms with van der Waals surface area (Å²) in [6, 6.07) is 0.642. The van der Waals surface area contributed by atoms with Gasteiger partial charge in [-0.05, 0) is 26.8 Å². The maximum atomic E-state index is 5.55. The zero-order chi connectivity index (χ0) is 11.3. The number of likely N-dealkylation sites (N-methyl/N-ethyl adjacent to an activating group) is 1. The largest absolute Gasteiger partial charge is 0.378 e. The molecule has 90 valence electrons. The van der Waals surface area contributed by atoms with Crippen LogP contribution in [-0.2, 0) is 4.74 Å². The minimum Gasteiger partial charge on any atom is -0.378 e. The second kappa shape index (κ2) is 5.83. The maximum absolute atomic E-state index is 5.55. The van der Waals surface area contributed by atoms with Gasteiger partial charge in [0, 0.05) is 24.7 Å². The molecule has 0 amide bonds. The van der Waals surface area contributed by atoms with Crippen LogP contribution in [0.5, 0.6) is 0 Å². The topological polar surface area (TPSA) is 24.5 Å². The van der Waals surface area contributed by atoms with E-state index in [-0.39, 0.29) is 5.54 Å². The molecular weight excluding hydrogens is 188 g/mol. The Morgan fingerprint density at radius 3 is 2.67 bits per heavy atom. The Morgan fingerprint density at radius 2 is 2.13 bits per heavy atom. The third-order valence-corrected chi connectivity index (χ3v) is 3.25. The van der Waals surface area contributed by atoms with E-state index >= 15 is 0 Å². The summed E-state index contributed by atoms with van der Waals surface area (Å²) in [6.07, 6.45) is 1.20. The molecule has 1 saturated heterocycles. The van der Waals surface area contributed by atoms with E-state index in [1.54, 1.807) is 0 Å². The van der Waals surface area contributed by atoms with Crippen molar-refractivity contribution in [2.45, 2.75) is 45.7 Å². The molecule has 1 aliphatic rings. The lowest BCUT2D eigenvalue weighted by Gasteiger charge is -2.46. The van der Waals surface area contributed by atoms with Crippen molar-refractivity contribution >= 4 is 0 Å². The second-order valence-corrected chi connectivity index (χ2v) is 4.93. The first-order chi connectivity index (χ1) is 7.11. The molecule has 1 aliphatic heterocycles. The molecule has 0 aromatic rings. The highest BCUT2D eigenvalue weighted by Crippen LogP contribution is 2.22. The highest BCUT2D eigenvalue weighted by molar-refractivity contribution is 4.89. The second-order valence-electron chi connectivity index (χ2n) is 4.93. The van der Waals surface area contributed by atoms with E-state index in [0.717, 1.165) is 32.8 Å². The number of ether oxygens (including phenoxy) is 1. The third kappa shape index (κ3) is 3.44. The van der Waals surface area contributed by atoms with Crippen LogP contribution in [0.15, 0.2) is 0 Å². The number of rotatable bonds is 5. The van der Waals surface area contributed by atoms with Gasteiger partial charge in [0.2, 0.25) is 0 Å². The SMILES string of the molecule is CCNCC(CC)N1CCOCC1(C)C. The van der Waals surface area contributed by atoms with Crippen molar-refractivity contribution < 1.29 is 4.74 Å². The van der Waals surface area contributed by atoms with Crippen LogP contribution in [0, 0.1) is 0 Å². The van der Waals surface area contributed by atoms with Gasteiger partial charge in [0.1, 0.15) is 0 Å². The Labute approximate surface area is 94.2 Å². The third-order valence-electron chi connectivity index (χ3n) is 3.25. The molecule has 0 aliphatic carbocycles. The van der Waals surface area contributed by atoms with Crippen LogP contribution < -0.4 is 5.32 Å². The van der Waals surface area contributed by atoms with E-state index in [2.05, 4.69) is 37.9 Å². The number of nitrogens with one attached hydrogen (secondary N) is 1. The summed E-state index contributed by atoms with van der Waals surface area (Å²) < 4.78 is 5.55. The normalized spacial score (nSPS) is 24.0. The van der Waals surface area contributed by atoms with Gasteiger partial charge in [0.15, 0.2) is 0 Å². The van der Waals surface area contributed by atoms with Gasteiger partial charge in [-0.15, -0.1) is 0 Å². The van der Waals surface area contributed by atoms with Crippen LogP contribution in [0.25, 0.3) is 0 Å². The van der Waals surface area contributed by atoms with Crippen LogP contribution in [0.4, 0.5) is 0 Å². The quantitative estimate of drug-likeness (QED) is 0.750. The molecule has 1 unspecified atom stereocenters. The predicted octanol–water partition coefficient (Wildman–Crippen LogP) is 1.49. The molecule has 3 nitrogen and oxygen atoms in total. The molecule has 0 aromatic carbocycles. The Morgan fingerprint density at radius 1 is 1.40 bits per heavy atom. The van der Waals surface area contributed by atoms with Crippen LogP contribution >= 0.6 is 0 Å². The van der Waals surface area contributed by atoms with Gasteiger partial charge < -0.3 is 10.1 Å². The van der Waals surface area contributed by atoms with E-state index in [9.17, 15) is 0 Å². The smallest absolute Gasteiger partial charge is 0.0645 e. The van der Waals surface area contributed by atoms with Gasteiger partial charge in [0.25, 0.3) is 0 Å². The minimum absolute atomic E-state index is 0.189. The summed E-state index contributed by atoms with van der Waals surface area (Å²) >= 11 is 0. The number of nitrogens with zero attached hydrogens (tertiary/aromatic N) is 1. The van der Waals surface area contributed by atoms with E-state index < -0.39 is 0 Å². The van der Waals surface area contributed by atoms with E-state index in [0.29, 0.717) is 6.04 Å². The molecule has 0 saturated carbocycles. The van der Waals surface area contributed by atoms with Crippen LogP contribution in [-0.4, -0.2) is 49.3 Å². The molecule has 1 rings (SSSR count). The molecular formula is C12H26N2O. The van der Waals surface area contributed by atoms with Crippen LogP contribution in [0.1, 0.15) is 34.1 Å². The fourth-order valence-corrected chi connectivity index (χ4v) is 2.33. The van der Waals surface area contributed by atoms with Gasteiger partial charge in [0.05, 0.1) is 13.2 Å². The molecule has 1 atom stereocenters. The van der Waals surface area contributed by atoms with Crippen molar-refractivity contribution in [2.75, 3.05) is 32.8 Å². The molecule has 1 N–H and O–H groups in total.